The van der Waals surface area contributed by atoms with Gasteiger partial charge in [0, 0.05) is 13.1 Å². The van der Waals surface area contributed by atoms with Gasteiger partial charge in [-0.25, -0.2) is 4.79 Å². The number of hydrogen-bond acceptors (Lipinski definition) is 4. The molecule has 0 saturated carbocycles. The van der Waals surface area contributed by atoms with E-state index in [-0.39, 0.29) is 23.8 Å². The van der Waals surface area contributed by atoms with Gasteiger partial charge in [0.25, 0.3) is 0 Å². The molecule has 2 saturated heterocycles. The van der Waals surface area contributed by atoms with Crippen LogP contribution < -0.4 is 10.6 Å². The number of rotatable bonds is 5. The van der Waals surface area contributed by atoms with Crippen LogP contribution in [0.1, 0.15) is 20.3 Å². The normalized spacial score (nSPS) is 27.5. The number of hydrogen-bond donors (Lipinski definition) is 3. The summed E-state index contributed by atoms with van der Waals surface area (Å²) in [6, 6.07) is -1.61. The molecule has 2 rings (SSSR count). The molecule has 106 valence electrons. The molecule has 2 heterocycles. The molecular weight excluding hydrogens is 250 g/mol. The second-order valence-electron chi connectivity index (χ2n) is 5.37. The topological polar surface area (TPSA) is 109 Å². The minimum Gasteiger partial charge on any atom is -0.480 e. The Morgan fingerprint density at radius 2 is 2.11 bits per heavy atom. The van der Waals surface area contributed by atoms with Gasteiger partial charge in [-0.05, 0) is 12.3 Å². The van der Waals surface area contributed by atoms with Gasteiger partial charge in [0.15, 0.2) is 0 Å². The summed E-state index contributed by atoms with van der Waals surface area (Å²) in [4.78, 5) is 36.3. The van der Waals surface area contributed by atoms with Gasteiger partial charge in [0.2, 0.25) is 11.8 Å². The van der Waals surface area contributed by atoms with Gasteiger partial charge in [-0.1, -0.05) is 13.8 Å². The fourth-order valence-corrected chi connectivity index (χ4v) is 2.41. The van der Waals surface area contributed by atoms with Crippen LogP contribution in [0, 0.1) is 5.92 Å². The second-order valence-corrected chi connectivity index (χ2v) is 5.37. The van der Waals surface area contributed by atoms with Gasteiger partial charge < -0.3 is 20.6 Å². The van der Waals surface area contributed by atoms with Crippen LogP contribution in [0.5, 0.6) is 0 Å². The lowest BCUT2D eigenvalue weighted by Crippen LogP contribution is -2.50. The summed E-state index contributed by atoms with van der Waals surface area (Å²) in [6.45, 7) is 4.55. The van der Waals surface area contributed by atoms with E-state index in [0.717, 1.165) is 0 Å². The summed E-state index contributed by atoms with van der Waals surface area (Å²) in [7, 11) is 0. The molecule has 0 bridgehead atoms. The summed E-state index contributed by atoms with van der Waals surface area (Å²) in [5.74, 6) is -1.65. The Bertz CT molecular complexity index is 406. The van der Waals surface area contributed by atoms with Gasteiger partial charge in [-0.15, -0.1) is 0 Å². The molecule has 7 nitrogen and oxygen atoms in total. The van der Waals surface area contributed by atoms with Crippen LogP contribution in [0.2, 0.25) is 0 Å². The van der Waals surface area contributed by atoms with Crippen LogP contribution >= 0.6 is 0 Å². The molecule has 0 radical (unpaired) electrons. The Kier molecular flexibility index (Phi) is 3.75. The monoisotopic (exact) mass is 269 g/mol. The van der Waals surface area contributed by atoms with Gasteiger partial charge in [-0.3, -0.25) is 9.59 Å². The zero-order valence-electron chi connectivity index (χ0n) is 11.0. The van der Waals surface area contributed by atoms with E-state index in [1.807, 2.05) is 0 Å². The lowest BCUT2D eigenvalue weighted by molar-refractivity contribution is -0.150. The average molecular weight is 269 g/mol. The zero-order chi connectivity index (χ0) is 14.2. The Morgan fingerprint density at radius 3 is 2.58 bits per heavy atom. The van der Waals surface area contributed by atoms with Gasteiger partial charge in [0.1, 0.15) is 12.1 Å². The van der Waals surface area contributed by atoms with Crippen molar-refractivity contribution in [2.75, 3.05) is 13.1 Å². The summed E-state index contributed by atoms with van der Waals surface area (Å²) in [5, 5.41) is 14.7. The number of likely N-dealkylation sites (tertiary alicyclic amines) is 1. The maximum Gasteiger partial charge on any atom is 0.326 e. The van der Waals surface area contributed by atoms with Gasteiger partial charge in [0.05, 0.1) is 6.04 Å². The molecule has 0 aromatic heterocycles. The number of nitrogens with zero attached hydrogens (tertiary/aromatic N) is 1. The highest BCUT2D eigenvalue weighted by Crippen LogP contribution is 2.20. The summed E-state index contributed by atoms with van der Waals surface area (Å²) < 4.78 is 0. The van der Waals surface area contributed by atoms with Crippen molar-refractivity contribution in [3.63, 3.8) is 0 Å². The summed E-state index contributed by atoms with van der Waals surface area (Å²) in [5.41, 5.74) is 0. The van der Waals surface area contributed by atoms with Gasteiger partial charge in [-0.2, -0.15) is 0 Å². The SMILES string of the molecule is CC(C)[C@@H](C(=O)O)N1CC[C@@H](NC(=O)[C@H]2CN2)C1=O. The number of carboxylic acid groups (broad SMARTS) is 1. The predicted octanol–water partition coefficient (Wildman–Crippen LogP) is -1.22. The first-order chi connectivity index (χ1) is 8.91. The Morgan fingerprint density at radius 1 is 1.47 bits per heavy atom. The molecule has 19 heavy (non-hydrogen) atoms. The minimum absolute atomic E-state index is 0.166. The fraction of sp³-hybridized carbons (Fsp3) is 0.750. The third-order valence-electron chi connectivity index (χ3n) is 3.50. The van der Waals surface area contributed by atoms with Crippen LogP contribution in [0.15, 0.2) is 0 Å². The summed E-state index contributed by atoms with van der Waals surface area (Å²) in [6.07, 6.45) is 0.466. The Labute approximate surface area is 111 Å². The van der Waals surface area contributed by atoms with E-state index in [0.29, 0.717) is 19.5 Å². The van der Waals surface area contributed by atoms with E-state index in [4.69, 9.17) is 0 Å². The third-order valence-corrected chi connectivity index (χ3v) is 3.50. The lowest BCUT2D eigenvalue weighted by atomic mass is 10.0. The molecule has 2 aliphatic heterocycles. The first kappa shape index (κ1) is 13.8. The number of carbonyl (C=O) groups excluding carboxylic acids is 2. The van der Waals surface area contributed by atoms with Crippen LogP contribution in [-0.2, 0) is 14.4 Å². The van der Waals surface area contributed by atoms with Crippen LogP contribution in [-0.4, -0.2) is 59.0 Å². The first-order valence-electron chi connectivity index (χ1n) is 6.49. The highest BCUT2D eigenvalue weighted by molar-refractivity contribution is 5.94. The fourth-order valence-electron chi connectivity index (χ4n) is 2.41. The molecule has 0 unspecified atom stereocenters. The number of carboxylic acids is 1. The van der Waals surface area contributed by atoms with Crippen molar-refractivity contribution in [1.29, 1.82) is 0 Å². The Hall–Kier alpha value is -1.63. The third kappa shape index (κ3) is 2.86. The van der Waals surface area contributed by atoms with Crippen LogP contribution in [0.4, 0.5) is 0 Å². The zero-order valence-corrected chi connectivity index (χ0v) is 11.0. The van der Waals surface area contributed by atoms with Crippen molar-refractivity contribution in [2.24, 2.45) is 5.92 Å². The second kappa shape index (κ2) is 5.16. The minimum atomic E-state index is -1.00. The smallest absolute Gasteiger partial charge is 0.326 e. The quantitative estimate of drug-likeness (QED) is 0.542. The number of amides is 2. The van der Waals surface area contributed by atoms with E-state index >= 15 is 0 Å². The molecular formula is C12H19N3O4. The predicted molar refractivity (Wildman–Crippen MR) is 66.3 cm³/mol. The highest BCUT2D eigenvalue weighted by Gasteiger charge is 2.42. The molecule has 0 aromatic rings. The van der Waals surface area contributed by atoms with Crippen LogP contribution in [0.25, 0.3) is 0 Å². The number of carbonyl (C=O) groups is 3. The van der Waals surface area contributed by atoms with E-state index < -0.39 is 18.1 Å². The van der Waals surface area contributed by atoms with E-state index in [1.165, 1.54) is 4.90 Å². The van der Waals surface area contributed by atoms with Crippen molar-refractivity contribution >= 4 is 17.8 Å². The van der Waals surface area contributed by atoms with Crippen molar-refractivity contribution < 1.29 is 19.5 Å². The maximum atomic E-state index is 12.2. The molecule has 2 aliphatic rings. The van der Waals surface area contributed by atoms with E-state index in [1.54, 1.807) is 13.8 Å². The standard InChI is InChI=1S/C12H19N3O4/c1-6(2)9(12(18)19)15-4-3-7(11(15)17)14-10(16)8-5-13-8/h6-9,13H,3-5H2,1-2H3,(H,14,16)(H,18,19)/t7-,8-,9+/m1/s1. The molecule has 2 amide bonds. The van der Waals surface area contributed by atoms with Crippen LogP contribution in [0.3, 0.4) is 0 Å². The average Bonchev–Trinajstić information content (AvgIpc) is 3.09. The van der Waals surface area contributed by atoms with Crippen molar-refractivity contribution in [3.05, 3.63) is 0 Å². The number of aliphatic carboxylic acids is 1. The van der Waals surface area contributed by atoms with E-state index in [2.05, 4.69) is 10.6 Å². The van der Waals surface area contributed by atoms with Crippen molar-refractivity contribution in [1.82, 2.24) is 15.5 Å². The molecule has 3 N–H and O–H groups in total. The molecule has 0 aliphatic carbocycles. The summed E-state index contributed by atoms with van der Waals surface area (Å²) >= 11 is 0. The molecule has 7 heteroatoms. The van der Waals surface area contributed by atoms with Gasteiger partial charge >= 0.3 is 5.97 Å². The largest absolute Gasteiger partial charge is 0.480 e. The molecule has 3 atom stereocenters. The Balaban J connectivity index is 1.99. The van der Waals surface area contributed by atoms with E-state index in [9.17, 15) is 19.5 Å². The van der Waals surface area contributed by atoms with Crippen molar-refractivity contribution in [3.8, 4) is 0 Å². The molecule has 0 aromatic carbocycles. The molecule has 2 fully saturated rings. The lowest BCUT2D eigenvalue weighted by Gasteiger charge is -2.27. The van der Waals surface area contributed by atoms with Crippen molar-refractivity contribution in [2.45, 2.75) is 38.4 Å². The highest BCUT2D eigenvalue weighted by atomic mass is 16.4. The molecule has 0 spiro atoms. The maximum absolute atomic E-state index is 12.2. The first-order valence-corrected chi connectivity index (χ1v) is 6.49. The number of nitrogens with one attached hydrogen (secondary N) is 2.